The summed E-state index contributed by atoms with van der Waals surface area (Å²) in [6.45, 7) is 0. The summed E-state index contributed by atoms with van der Waals surface area (Å²) in [5.74, 6) is 0. The molecule has 0 fully saturated rings. The quantitative estimate of drug-likeness (QED) is 0.278. The van der Waals surface area contributed by atoms with Crippen LogP contribution in [-0.2, 0) is 0 Å². The molecular weight excluding hydrogens is 212 g/mol. The summed E-state index contributed by atoms with van der Waals surface area (Å²) in [4.78, 5) is 0. The van der Waals surface area contributed by atoms with E-state index in [1.54, 1.807) is 0 Å². The van der Waals surface area contributed by atoms with Crippen molar-refractivity contribution in [1.82, 2.24) is 0 Å². The molecule has 0 aromatic carbocycles. The molecular formula is H2AlClINa. The molecule has 0 N–H and O–H groups in total. The summed E-state index contributed by atoms with van der Waals surface area (Å²) in [5, 5.41) is 0. The summed E-state index contributed by atoms with van der Waals surface area (Å²) in [5.41, 5.74) is 0. The SMILES string of the molecule is [AlH2][Cl].[I-].[Na+]. The Labute approximate surface area is 77.6 Å². The molecule has 4 heavy (non-hydrogen) atoms. The fourth-order valence-electron chi connectivity index (χ4n) is 0. The van der Waals surface area contributed by atoms with Crippen molar-refractivity contribution >= 4 is 25.4 Å². The number of hydrogen-bond donors (Lipinski definition) is 0. The van der Waals surface area contributed by atoms with Gasteiger partial charge in [0.25, 0.3) is 0 Å². The molecule has 0 heterocycles. The maximum atomic E-state index is 4.78. The Morgan fingerprint density at radius 1 is 1.25 bits per heavy atom. The fraction of sp³-hybridized carbons (Fsp3) is 0. The number of halogens is 2. The van der Waals surface area contributed by atoms with Gasteiger partial charge in [-0.3, -0.25) is 10.0 Å². The molecule has 20 valence electrons. The zero-order valence-corrected chi connectivity index (χ0v) is 9.67. The van der Waals surface area contributed by atoms with E-state index in [2.05, 4.69) is 0 Å². The second-order valence-electron chi connectivity index (χ2n) is 0. The van der Waals surface area contributed by atoms with E-state index in [1.165, 1.54) is 0 Å². The van der Waals surface area contributed by atoms with Gasteiger partial charge in [-0.05, 0) is 0 Å². The average Bonchev–Trinajstić information content (AvgIpc) is 1.00. The molecule has 0 saturated carbocycles. The second kappa shape index (κ2) is 17.7. The van der Waals surface area contributed by atoms with E-state index < -0.39 is 0 Å². The van der Waals surface area contributed by atoms with E-state index in [0.29, 0.717) is 0 Å². The first-order chi connectivity index (χ1) is 1.00. The van der Waals surface area contributed by atoms with Crippen molar-refractivity contribution < 1.29 is 53.5 Å². The van der Waals surface area contributed by atoms with Gasteiger partial charge in [0.15, 0.2) is 0 Å². The van der Waals surface area contributed by atoms with Crippen LogP contribution in [0.4, 0.5) is 0 Å². The van der Waals surface area contributed by atoms with Crippen LogP contribution in [0.2, 0.25) is 0 Å². The van der Waals surface area contributed by atoms with Gasteiger partial charge in [-0.15, -0.1) is 0 Å². The Kier molecular flexibility index (Phi) is 70.7. The van der Waals surface area contributed by atoms with Crippen molar-refractivity contribution in [3.63, 3.8) is 0 Å². The van der Waals surface area contributed by atoms with Crippen LogP contribution in [0, 0.1) is 0 Å². The monoisotopic (exact) mass is 214 g/mol. The van der Waals surface area contributed by atoms with Crippen LogP contribution in [0.1, 0.15) is 0 Å². The largest absolute Gasteiger partial charge is 1.00 e. The first-order valence-electron chi connectivity index (χ1n) is 0.378. The van der Waals surface area contributed by atoms with E-state index in [-0.39, 0.29) is 53.5 Å². The normalized spacial score (nSPS) is 1.25. The van der Waals surface area contributed by atoms with Crippen molar-refractivity contribution in [3.05, 3.63) is 0 Å². The Hall–Kier alpha value is 2.55. The first kappa shape index (κ1) is 16.0. The molecule has 0 unspecified atom stereocenters. The van der Waals surface area contributed by atoms with Gasteiger partial charge in [0.2, 0.25) is 0 Å². The smallest absolute Gasteiger partial charge is 1.00 e. The predicted molar refractivity (Wildman–Crippen MR) is 14.4 cm³/mol. The average molecular weight is 214 g/mol. The summed E-state index contributed by atoms with van der Waals surface area (Å²) < 4.78 is 0. The van der Waals surface area contributed by atoms with Crippen LogP contribution < -0.4 is 53.5 Å². The molecule has 0 aliphatic carbocycles. The van der Waals surface area contributed by atoms with Crippen LogP contribution in [0.3, 0.4) is 0 Å². The minimum Gasteiger partial charge on any atom is -1.00 e. The predicted octanol–water partition coefficient (Wildman–Crippen LogP) is -6.22. The van der Waals surface area contributed by atoms with Gasteiger partial charge in [0.05, 0.1) is 0 Å². The van der Waals surface area contributed by atoms with Gasteiger partial charge >= 0.3 is 44.9 Å². The van der Waals surface area contributed by atoms with Crippen molar-refractivity contribution in [2.75, 3.05) is 0 Å². The van der Waals surface area contributed by atoms with Crippen LogP contribution in [-0.4, -0.2) is 15.4 Å². The van der Waals surface area contributed by atoms with Crippen LogP contribution in [0.15, 0.2) is 0 Å². The van der Waals surface area contributed by atoms with E-state index in [0.717, 1.165) is 15.4 Å². The standard InChI is InChI=1S/Al.ClH.HI.Na.2H/h;2*1H;;;/q+1;;;+1;;/p-2. The molecule has 0 rings (SSSR count). The van der Waals surface area contributed by atoms with Crippen molar-refractivity contribution in [2.45, 2.75) is 0 Å². The number of rotatable bonds is 0. The summed E-state index contributed by atoms with van der Waals surface area (Å²) in [7, 11) is 4.78. The third-order valence-corrected chi connectivity index (χ3v) is 0. The molecule has 0 saturated heterocycles. The molecule has 0 atom stereocenters. The molecule has 0 aromatic rings. The molecule has 0 amide bonds. The summed E-state index contributed by atoms with van der Waals surface area (Å²) in [6.07, 6.45) is 0. The zero-order chi connectivity index (χ0) is 2.00. The Bertz CT molecular complexity index is 8.00. The zero-order valence-electron chi connectivity index (χ0n) is 2.76. The molecule has 0 radical (unpaired) electrons. The Morgan fingerprint density at radius 2 is 1.25 bits per heavy atom. The van der Waals surface area contributed by atoms with Crippen molar-refractivity contribution in [1.29, 1.82) is 0 Å². The Morgan fingerprint density at radius 3 is 1.25 bits per heavy atom. The van der Waals surface area contributed by atoms with Crippen LogP contribution in [0.25, 0.3) is 0 Å². The summed E-state index contributed by atoms with van der Waals surface area (Å²) in [6, 6.07) is 0. The van der Waals surface area contributed by atoms with Gasteiger partial charge in [-0.1, -0.05) is 0 Å². The number of hydrogen-bond acceptors (Lipinski definition) is 0. The van der Waals surface area contributed by atoms with Gasteiger partial charge in [0, 0.05) is 0 Å². The van der Waals surface area contributed by atoms with Gasteiger partial charge in [0.1, 0.15) is 0 Å². The molecule has 0 spiro atoms. The molecule has 0 aliphatic heterocycles. The topological polar surface area (TPSA) is 0 Å². The maximum Gasteiger partial charge on any atom is 1.00 e. The van der Waals surface area contributed by atoms with Crippen LogP contribution >= 0.6 is 10.0 Å². The Balaban J connectivity index is -0.00000000500. The van der Waals surface area contributed by atoms with E-state index in [9.17, 15) is 0 Å². The molecule has 4 heteroatoms. The molecule has 0 aromatic heterocycles. The first-order valence-corrected chi connectivity index (χ1v) is 3.40. The van der Waals surface area contributed by atoms with Crippen molar-refractivity contribution in [2.24, 2.45) is 0 Å². The van der Waals surface area contributed by atoms with Crippen LogP contribution in [0.5, 0.6) is 0 Å². The van der Waals surface area contributed by atoms with Gasteiger partial charge in [-0.2, -0.15) is 0 Å². The maximum absolute atomic E-state index is 4.78. The summed E-state index contributed by atoms with van der Waals surface area (Å²) >= 11 is 0.778. The molecule has 0 aliphatic rings. The van der Waals surface area contributed by atoms with Gasteiger partial charge in [-0.25, -0.2) is 0 Å². The van der Waals surface area contributed by atoms with E-state index >= 15 is 0 Å². The minimum atomic E-state index is 0. The van der Waals surface area contributed by atoms with E-state index in [1.807, 2.05) is 0 Å². The third kappa shape index (κ3) is 8.82. The van der Waals surface area contributed by atoms with Gasteiger partial charge < -0.3 is 24.0 Å². The van der Waals surface area contributed by atoms with Crippen molar-refractivity contribution in [3.8, 4) is 0 Å². The fourth-order valence-corrected chi connectivity index (χ4v) is 0. The third-order valence-electron chi connectivity index (χ3n) is 0. The second-order valence-corrected chi connectivity index (χ2v) is 0. The molecule has 0 bridgehead atoms. The van der Waals surface area contributed by atoms with E-state index in [4.69, 9.17) is 10.0 Å². The molecule has 0 nitrogen and oxygen atoms in total. The minimum absolute atomic E-state index is 0.